The normalized spacial score (nSPS) is 10.9. The highest BCUT2D eigenvalue weighted by molar-refractivity contribution is 9.10. The molecule has 0 saturated heterocycles. The first-order valence-corrected chi connectivity index (χ1v) is 8.76. The van der Waals surface area contributed by atoms with Gasteiger partial charge in [0.05, 0.1) is 5.69 Å². The summed E-state index contributed by atoms with van der Waals surface area (Å²) in [6, 6.07) is 14.8. The highest BCUT2D eigenvalue weighted by Gasteiger charge is 2.09. The second-order valence-corrected chi connectivity index (χ2v) is 7.05. The number of aromatic nitrogens is 3. The van der Waals surface area contributed by atoms with Crippen LogP contribution in [-0.4, -0.2) is 14.8 Å². The molecule has 5 heteroatoms. The fourth-order valence-corrected chi connectivity index (χ4v) is 3.43. The van der Waals surface area contributed by atoms with Gasteiger partial charge in [-0.15, -0.1) is 10.2 Å². The van der Waals surface area contributed by atoms with Crippen molar-refractivity contribution in [2.75, 3.05) is 0 Å². The van der Waals surface area contributed by atoms with E-state index < -0.39 is 0 Å². The van der Waals surface area contributed by atoms with Gasteiger partial charge in [-0.1, -0.05) is 57.5 Å². The Morgan fingerprint density at radius 1 is 1.09 bits per heavy atom. The third kappa shape index (κ3) is 3.42. The van der Waals surface area contributed by atoms with Gasteiger partial charge in [-0.3, -0.25) is 4.57 Å². The van der Waals surface area contributed by atoms with Crippen LogP contribution >= 0.6 is 27.7 Å². The van der Waals surface area contributed by atoms with Gasteiger partial charge < -0.3 is 0 Å². The van der Waals surface area contributed by atoms with Crippen molar-refractivity contribution in [1.29, 1.82) is 0 Å². The van der Waals surface area contributed by atoms with Gasteiger partial charge in [0.2, 0.25) is 0 Å². The fourth-order valence-electron chi connectivity index (χ4n) is 2.29. The predicted octanol–water partition coefficient (Wildman–Crippen LogP) is 4.94. The smallest absolute Gasteiger partial charge is 0.195 e. The first kappa shape index (κ1) is 15.3. The minimum Gasteiger partial charge on any atom is -0.276 e. The molecule has 1 aromatic heterocycles. The van der Waals surface area contributed by atoms with Crippen LogP contribution in [0.2, 0.25) is 0 Å². The van der Waals surface area contributed by atoms with Gasteiger partial charge in [0.1, 0.15) is 6.33 Å². The maximum atomic E-state index is 4.26. The lowest BCUT2D eigenvalue weighted by molar-refractivity contribution is 0.877. The molecule has 22 heavy (non-hydrogen) atoms. The molecule has 0 amide bonds. The summed E-state index contributed by atoms with van der Waals surface area (Å²) in [7, 11) is 0. The molecular weight excluding hydrogens is 358 g/mol. The maximum Gasteiger partial charge on any atom is 0.195 e. The number of aryl methyl sites for hydroxylation is 2. The van der Waals surface area contributed by atoms with Crippen molar-refractivity contribution in [2.24, 2.45) is 0 Å². The molecule has 0 unspecified atom stereocenters. The van der Waals surface area contributed by atoms with Crippen molar-refractivity contribution in [3.8, 4) is 5.69 Å². The Kier molecular flexibility index (Phi) is 4.64. The molecule has 0 N–H and O–H groups in total. The van der Waals surface area contributed by atoms with Crippen LogP contribution in [0.4, 0.5) is 0 Å². The Morgan fingerprint density at radius 3 is 2.59 bits per heavy atom. The predicted molar refractivity (Wildman–Crippen MR) is 94.5 cm³/mol. The summed E-state index contributed by atoms with van der Waals surface area (Å²) < 4.78 is 3.15. The molecule has 0 aliphatic carbocycles. The molecule has 0 radical (unpaired) electrons. The summed E-state index contributed by atoms with van der Waals surface area (Å²) in [6.45, 7) is 4.22. The second kappa shape index (κ2) is 6.67. The SMILES string of the molecule is Cc1ccc(-n2cnnc2SCc2ccc(Br)cc2)c(C)c1. The van der Waals surface area contributed by atoms with Crippen LogP contribution in [0.5, 0.6) is 0 Å². The van der Waals surface area contributed by atoms with Crippen molar-refractivity contribution in [2.45, 2.75) is 24.8 Å². The van der Waals surface area contributed by atoms with Gasteiger partial charge >= 0.3 is 0 Å². The zero-order valence-corrected chi connectivity index (χ0v) is 14.9. The van der Waals surface area contributed by atoms with E-state index in [9.17, 15) is 0 Å². The van der Waals surface area contributed by atoms with Gasteiger partial charge in [0, 0.05) is 10.2 Å². The van der Waals surface area contributed by atoms with Crippen molar-refractivity contribution in [3.05, 3.63) is 70.0 Å². The lowest BCUT2D eigenvalue weighted by atomic mass is 10.1. The van der Waals surface area contributed by atoms with Crippen LogP contribution < -0.4 is 0 Å². The van der Waals surface area contributed by atoms with Gasteiger partial charge in [-0.2, -0.15) is 0 Å². The van der Waals surface area contributed by atoms with Gasteiger partial charge in [0.15, 0.2) is 5.16 Å². The first-order valence-electron chi connectivity index (χ1n) is 6.98. The van der Waals surface area contributed by atoms with E-state index in [1.165, 1.54) is 16.7 Å². The standard InChI is InChI=1S/C17H16BrN3S/c1-12-3-8-16(13(2)9-12)21-11-19-20-17(21)22-10-14-4-6-15(18)7-5-14/h3-9,11H,10H2,1-2H3. The molecule has 3 nitrogen and oxygen atoms in total. The van der Waals surface area contributed by atoms with Gasteiger partial charge in [-0.05, 0) is 43.2 Å². The largest absolute Gasteiger partial charge is 0.276 e. The number of hydrogen-bond donors (Lipinski definition) is 0. The van der Waals surface area contributed by atoms with Gasteiger partial charge in [0.25, 0.3) is 0 Å². The van der Waals surface area contributed by atoms with Crippen molar-refractivity contribution < 1.29 is 0 Å². The molecule has 0 fully saturated rings. The fraction of sp³-hybridized carbons (Fsp3) is 0.176. The maximum absolute atomic E-state index is 4.26. The molecule has 0 aliphatic rings. The van der Waals surface area contributed by atoms with Crippen LogP contribution in [0.1, 0.15) is 16.7 Å². The molecule has 0 aliphatic heterocycles. The van der Waals surface area contributed by atoms with Crippen LogP contribution in [0.15, 0.2) is 58.4 Å². The topological polar surface area (TPSA) is 30.7 Å². The highest BCUT2D eigenvalue weighted by Crippen LogP contribution is 2.25. The third-order valence-electron chi connectivity index (χ3n) is 3.41. The molecule has 2 aromatic carbocycles. The average Bonchev–Trinajstić information content (AvgIpc) is 2.95. The van der Waals surface area contributed by atoms with E-state index >= 15 is 0 Å². The zero-order valence-electron chi connectivity index (χ0n) is 12.5. The molecule has 112 valence electrons. The molecule has 1 heterocycles. The van der Waals surface area contributed by atoms with E-state index in [4.69, 9.17) is 0 Å². The summed E-state index contributed by atoms with van der Waals surface area (Å²) in [5, 5.41) is 9.24. The number of rotatable bonds is 4. The summed E-state index contributed by atoms with van der Waals surface area (Å²) in [5.41, 5.74) is 4.89. The molecular formula is C17H16BrN3S. The minimum absolute atomic E-state index is 0.872. The van der Waals surface area contributed by atoms with Crippen molar-refractivity contribution in [3.63, 3.8) is 0 Å². The van der Waals surface area contributed by atoms with E-state index in [0.717, 1.165) is 21.1 Å². The molecule has 0 spiro atoms. The second-order valence-electron chi connectivity index (χ2n) is 5.19. The molecule has 0 atom stereocenters. The highest BCUT2D eigenvalue weighted by atomic mass is 79.9. The summed E-state index contributed by atoms with van der Waals surface area (Å²) in [4.78, 5) is 0. The Hall–Kier alpha value is -1.59. The summed E-state index contributed by atoms with van der Waals surface area (Å²) in [6.07, 6.45) is 1.78. The molecule has 3 rings (SSSR count). The minimum atomic E-state index is 0.872. The Morgan fingerprint density at radius 2 is 1.86 bits per heavy atom. The lowest BCUT2D eigenvalue weighted by Crippen LogP contribution is -1.98. The first-order chi connectivity index (χ1) is 10.6. The van der Waals surface area contributed by atoms with E-state index in [0.29, 0.717) is 0 Å². The van der Waals surface area contributed by atoms with E-state index in [1.807, 2.05) is 0 Å². The zero-order chi connectivity index (χ0) is 15.5. The number of halogens is 1. The summed E-state index contributed by atoms with van der Waals surface area (Å²) >= 11 is 5.15. The average molecular weight is 374 g/mol. The van der Waals surface area contributed by atoms with Crippen LogP contribution in [0, 0.1) is 13.8 Å². The van der Waals surface area contributed by atoms with Crippen LogP contribution in [-0.2, 0) is 5.75 Å². The Labute approximate surface area is 142 Å². The van der Waals surface area contributed by atoms with Crippen LogP contribution in [0.25, 0.3) is 5.69 Å². The van der Waals surface area contributed by atoms with Crippen molar-refractivity contribution in [1.82, 2.24) is 14.8 Å². The monoisotopic (exact) mass is 373 g/mol. The number of benzene rings is 2. The Balaban J connectivity index is 1.81. The number of hydrogen-bond acceptors (Lipinski definition) is 3. The molecule has 0 saturated carbocycles. The third-order valence-corrected chi connectivity index (χ3v) is 4.95. The molecule has 3 aromatic rings. The van der Waals surface area contributed by atoms with E-state index in [2.05, 4.69) is 87.0 Å². The number of thioether (sulfide) groups is 1. The van der Waals surface area contributed by atoms with Gasteiger partial charge in [-0.25, -0.2) is 0 Å². The number of nitrogens with zero attached hydrogens (tertiary/aromatic N) is 3. The van der Waals surface area contributed by atoms with Crippen LogP contribution in [0.3, 0.4) is 0 Å². The van der Waals surface area contributed by atoms with E-state index in [-0.39, 0.29) is 0 Å². The summed E-state index contributed by atoms with van der Waals surface area (Å²) in [5.74, 6) is 0.872. The molecule has 0 bridgehead atoms. The van der Waals surface area contributed by atoms with Crippen molar-refractivity contribution >= 4 is 27.7 Å². The van der Waals surface area contributed by atoms with E-state index in [1.54, 1.807) is 18.1 Å². The quantitative estimate of drug-likeness (QED) is 0.606. The Bertz CT molecular complexity index is 781. The lowest BCUT2D eigenvalue weighted by Gasteiger charge is -2.10.